The largest absolute Gasteiger partial charge is 0.394 e. The number of aliphatic hydroxyl groups is 7. The van der Waals surface area contributed by atoms with Gasteiger partial charge in [-0.15, -0.1) is 0 Å². The second kappa shape index (κ2) is 24.6. The lowest BCUT2D eigenvalue weighted by atomic mass is 9.92. The van der Waals surface area contributed by atoms with Gasteiger partial charge in [0.2, 0.25) is 17.7 Å². The van der Waals surface area contributed by atoms with Crippen molar-refractivity contribution in [2.45, 2.75) is 190 Å². The molecule has 0 spiro atoms. The summed E-state index contributed by atoms with van der Waals surface area (Å²) in [7, 11) is 0. The van der Waals surface area contributed by atoms with Crippen molar-refractivity contribution in [1.29, 1.82) is 0 Å². The van der Waals surface area contributed by atoms with E-state index in [1.54, 1.807) is 6.92 Å². The zero-order chi connectivity index (χ0) is 41.4. The number of carbonyl (C=O) groups is 3. The van der Waals surface area contributed by atoms with E-state index in [0.717, 1.165) is 64.7 Å². The molecule has 3 rings (SSSR count). The summed E-state index contributed by atoms with van der Waals surface area (Å²) in [6.07, 6.45) is -2.41. The first-order chi connectivity index (χ1) is 26.8. The predicted molar refractivity (Wildman–Crippen MR) is 199 cm³/mol. The van der Waals surface area contributed by atoms with E-state index in [4.69, 9.17) is 23.7 Å². The van der Waals surface area contributed by atoms with Gasteiger partial charge in [0.1, 0.15) is 67.0 Å². The van der Waals surface area contributed by atoms with Crippen molar-refractivity contribution < 1.29 is 73.8 Å². The molecule has 18 heteroatoms. The summed E-state index contributed by atoms with van der Waals surface area (Å²) < 4.78 is 29.7. The normalized spacial score (nSPS) is 36.3. The Morgan fingerprint density at radius 1 is 0.589 bits per heavy atom. The molecule has 18 nitrogen and oxygen atoms in total. The molecule has 3 amide bonds. The van der Waals surface area contributed by atoms with Crippen molar-refractivity contribution in [1.82, 2.24) is 16.0 Å². The van der Waals surface area contributed by atoms with Crippen LogP contribution in [0.25, 0.3) is 0 Å². The summed E-state index contributed by atoms with van der Waals surface area (Å²) in [5.41, 5.74) is 0. The van der Waals surface area contributed by atoms with Crippen LogP contribution in [0, 0.1) is 0 Å². The summed E-state index contributed by atoms with van der Waals surface area (Å²) in [4.78, 5) is 37.3. The van der Waals surface area contributed by atoms with E-state index in [0.29, 0.717) is 6.42 Å². The van der Waals surface area contributed by atoms with Crippen LogP contribution in [-0.2, 0) is 38.1 Å². The van der Waals surface area contributed by atoms with Crippen LogP contribution in [0.4, 0.5) is 0 Å². The van der Waals surface area contributed by atoms with E-state index < -0.39 is 129 Å². The highest BCUT2D eigenvalue weighted by atomic mass is 16.7. The third kappa shape index (κ3) is 13.9. The molecule has 3 heterocycles. The highest BCUT2D eigenvalue weighted by Crippen LogP contribution is 2.33. The number of rotatable bonds is 22. The lowest BCUT2D eigenvalue weighted by Gasteiger charge is -2.50. The van der Waals surface area contributed by atoms with Crippen LogP contribution >= 0.6 is 0 Å². The minimum atomic E-state index is -1.73. The number of ether oxygens (including phenoxy) is 5. The minimum Gasteiger partial charge on any atom is -0.394 e. The number of amides is 3. The monoisotopic (exact) mass is 805 g/mol. The smallest absolute Gasteiger partial charge is 0.220 e. The predicted octanol–water partition coefficient (Wildman–Crippen LogP) is -1.22. The number of hydrogen-bond acceptors (Lipinski definition) is 15. The minimum absolute atomic E-state index is 0.114. The molecule has 3 saturated heterocycles. The summed E-state index contributed by atoms with van der Waals surface area (Å²) >= 11 is 0. The Kier molecular flexibility index (Phi) is 21.1. The van der Waals surface area contributed by atoms with Gasteiger partial charge in [-0.2, -0.15) is 0 Å². The van der Waals surface area contributed by atoms with E-state index in [9.17, 15) is 50.1 Å². The Morgan fingerprint density at radius 2 is 1.05 bits per heavy atom. The fourth-order valence-corrected chi connectivity index (χ4v) is 7.39. The molecule has 324 valence electrons. The molecular formula is C38H67N3O15. The van der Waals surface area contributed by atoms with Crippen LogP contribution in [0.3, 0.4) is 0 Å². The Bertz CT molecular complexity index is 1210. The van der Waals surface area contributed by atoms with E-state index >= 15 is 0 Å². The van der Waals surface area contributed by atoms with Crippen molar-refractivity contribution >= 4 is 17.7 Å². The molecule has 56 heavy (non-hydrogen) atoms. The maximum Gasteiger partial charge on any atom is 0.220 e. The summed E-state index contributed by atoms with van der Waals surface area (Å²) in [5.74, 6) is -1.55. The number of hydrogen-bond donors (Lipinski definition) is 10. The highest BCUT2D eigenvalue weighted by Gasteiger charge is 2.54. The summed E-state index contributed by atoms with van der Waals surface area (Å²) in [5, 5.41) is 82.7. The number of carbonyl (C=O) groups excluding carboxylic acids is 3. The molecule has 0 aliphatic carbocycles. The van der Waals surface area contributed by atoms with E-state index in [1.165, 1.54) is 6.92 Å². The number of unbranched alkanes of at least 4 members (excludes halogenated alkanes) is 8. The molecule has 15 atom stereocenters. The first-order valence-corrected chi connectivity index (χ1v) is 20.1. The zero-order valence-corrected chi connectivity index (χ0v) is 33.1. The SMILES string of the molecule is CCC/C=C\CCCCCCCCCC(=O)NC1[C@H](O[C@@H]2C(CO)O[C@@H](O[C@@H]3C(CO)O[C@@H](C)C(NC(C)=O)[C@H]3O)C(NC(C)=O)[C@H]2O)OC(CO)[C@@H](O)[C@@H]1O. The van der Waals surface area contributed by atoms with Gasteiger partial charge in [0.25, 0.3) is 0 Å². The van der Waals surface area contributed by atoms with Crippen LogP contribution < -0.4 is 16.0 Å². The van der Waals surface area contributed by atoms with Crippen molar-refractivity contribution in [3.05, 3.63) is 12.2 Å². The quantitative estimate of drug-likeness (QED) is 0.0454. The average Bonchev–Trinajstić information content (AvgIpc) is 3.16. The lowest BCUT2D eigenvalue weighted by molar-refractivity contribution is -0.346. The number of nitrogens with one attached hydrogen (secondary N) is 3. The molecule has 0 bridgehead atoms. The Hall–Kier alpha value is -2.33. The number of allylic oxidation sites excluding steroid dienone is 2. The molecule has 0 aromatic heterocycles. The van der Waals surface area contributed by atoms with Crippen molar-refractivity contribution in [2.75, 3.05) is 19.8 Å². The van der Waals surface area contributed by atoms with Gasteiger partial charge in [-0.3, -0.25) is 14.4 Å². The average molecular weight is 806 g/mol. The molecule has 0 aromatic carbocycles. The third-order valence-electron chi connectivity index (χ3n) is 10.4. The molecule has 3 aliphatic heterocycles. The van der Waals surface area contributed by atoms with Crippen LogP contribution in [0.2, 0.25) is 0 Å². The zero-order valence-electron chi connectivity index (χ0n) is 33.1. The summed E-state index contributed by atoms with van der Waals surface area (Å²) in [6.45, 7) is 4.02. The third-order valence-corrected chi connectivity index (χ3v) is 10.4. The van der Waals surface area contributed by atoms with Crippen molar-refractivity contribution in [2.24, 2.45) is 0 Å². The van der Waals surface area contributed by atoms with Crippen LogP contribution in [0.15, 0.2) is 12.2 Å². The van der Waals surface area contributed by atoms with Gasteiger partial charge in [-0.05, 0) is 32.6 Å². The van der Waals surface area contributed by atoms with Gasteiger partial charge in [0.15, 0.2) is 12.6 Å². The van der Waals surface area contributed by atoms with E-state index in [2.05, 4.69) is 35.0 Å². The standard InChI is InChI=1S/C38H67N3O15/c1-5-6-7-8-9-10-11-12-13-14-15-16-17-27(47)41-29-32(49)31(48)24(18-42)53-37(29)56-36-26(20-44)54-38(30(34(36)51)40-23(4)46)55-35-25(19-43)52-21(2)28(33(35)50)39-22(3)45/h7-8,21,24-26,28-38,42-44,48-51H,5-6,9-20H2,1-4H3,(H,39,45)(H,40,46)(H,41,47)/b8-7-/t21-,24?,25?,26?,28?,29?,30?,31+,32+,33+,34+,35+,36+,37-,38-/m0/s1. The van der Waals surface area contributed by atoms with Gasteiger partial charge < -0.3 is 75.4 Å². The first-order valence-electron chi connectivity index (χ1n) is 20.1. The van der Waals surface area contributed by atoms with Crippen molar-refractivity contribution in [3.63, 3.8) is 0 Å². The van der Waals surface area contributed by atoms with Gasteiger partial charge in [-0.1, -0.05) is 57.6 Å². The van der Waals surface area contributed by atoms with Crippen LogP contribution in [-0.4, -0.2) is 165 Å². The molecule has 10 N–H and O–H groups in total. The van der Waals surface area contributed by atoms with E-state index in [-0.39, 0.29) is 6.42 Å². The maximum atomic E-state index is 13.1. The van der Waals surface area contributed by atoms with Gasteiger partial charge >= 0.3 is 0 Å². The second-order valence-corrected chi connectivity index (χ2v) is 15.0. The van der Waals surface area contributed by atoms with Crippen LogP contribution in [0.1, 0.15) is 98.3 Å². The highest BCUT2D eigenvalue weighted by molar-refractivity contribution is 5.76. The molecule has 0 aromatic rings. The fraction of sp³-hybridized carbons (Fsp3) is 0.868. The van der Waals surface area contributed by atoms with Gasteiger partial charge in [0, 0.05) is 20.3 Å². The topological polar surface area (TPSA) is 275 Å². The second-order valence-electron chi connectivity index (χ2n) is 15.0. The summed E-state index contributed by atoms with van der Waals surface area (Å²) in [6, 6.07) is -3.79. The molecule has 0 saturated carbocycles. The van der Waals surface area contributed by atoms with Gasteiger partial charge in [0.05, 0.1) is 32.0 Å². The molecule has 6 unspecified atom stereocenters. The molecule has 3 aliphatic rings. The first kappa shape index (κ1) is 48.0. The fourth-order valence-electron chi connectivity index (χ4n) is 7.39. The van der Waals surface area contributed by atoms with Crippen LogP contribution in [0.5, 0.6) is 0 Å². The molecular weight excluding hydrogens is 738 g/mol. The maximum absolute atomic E-state index is 13.1. The molecule has 0 radical (unpaired) electrons. The van der Waals surface area contributed by atoms with E-state index in [1.807, 2.05) is 0 Å². The lowest BCUT2D eigenvalue weighted by Crippen LogP contribution is -2.70. The Morgan fingerprint density at radius 3 is 1.61 bits per heavy atom. The van der Waals surface area contributed by atoms with Gasteiger partial charge in [-0.25, -0.2) is 0 Å². The molecule has 3 fully saturated rings. The van der Waals surface area contributed by atoms with Crippen molar-refractivity contribution in [3.8, 4) is 0 Å². The number of aliphatic hydroxyl groups excluding tert-OH is 7. The Labute approximate surface area is 329 Å². The Balaban J connectivity index is 1.69.